The number of fused-ring (bicyclic) bond motifs is 1. The molecule has 1 atom stereocenters. The van der Waals surface area contributed by atoms with Crippen molar-refractivity contribution < 1.29 is 4.79 Å². The smallest absolute Gasteiger partial charge is 0.326 e. The summed E-state index contributed by atoms with van der Waals surface area (Å²) in [4.78, 5) is 44.0. The lowest BCUT2D eigenvalue weighted by molar-refractivity contribution is 0.0547. The molecule has 0 unspecified atom stereocenters. The van der Waals surface area contributed by atoms with E-state index < -0.39 is 11.2 Å². The Morgan fingerprint density at radius 3 is 2.46 bits per heavy atom. The number of hydrogen-bond acceptors (Lipinski definition) is 4. The third kappa shape index (κ3) is 3.35. The van der Waals surface area contributed by atoms with Crippen LogP contribution < -0.4 is 11.2 Å². The number of hydrogen-bond donors (Lipinski definition) is 2. The Labute approximate surface area is 150 Å². The van der Waals surface area contributed by atoms with Gasteiger partial charge in [0.1, 0.15) is 5.69 Å². The van der Waals surface area contributed by atoms with Gasteiger partial charge in [-0.1, -0.05) is 24.3 Å². The minimum Gasteiger partial charge on any atom is -0.335 e. The van der Waals surface area contributed by atoms with Crippen molar-refractivity contribution in [3.8, 4) is 0 Å². The van der Waals surface area contributed by atoms with Crippen LogP contribution >= 0.6 is 0 Å². The highest BCUT2D eigenvalue weighted by Crippen LogP contribution is 2.25. The van der Waals surface area contributed by atoms with E-state index in [1.54, 1.807) is 4.90 Å². The third-order valence-corrected chi connectivity index (χ3v) is 5.43. The first-order valence-corrected chi connectivity index (χ1v) is 9.04. The lowest BCUT2D eigenvalue weighted by Gasteiger charge is -2.41. The predicted octanol–water partition coefficient (Wildman–Crippen LogP) is 0.379. The fourth-order valence-corrected chi connectivity index (χ4v) is 4.03. The van der Waals surface area contributed by atoms with Gasteiger partial charge in [-0.2, -0.15) is 0 Å². The maximum atomic E-state index is 12.5. The van der Waals surface area contributed by atoms with Crippen LogP contribution in [0.5, 0.6) is 0 Å². The van der Waals surface area contributed by atoms with Gasteiger partial charge in [0.05, 0.1) is 0 Å². The van der Waals surface area contributed by atoms with Crippen LogP contribution in [-0.4, -0.2) is 57.9 Å². The zero-order valence-corrected chi connectivity index (χ0v) is 14.5. The molecule has 0 spiro atoms. The van der Waals surface area contributed by atoms with Crippen LogP contribution in [0.4, 0.5) is 0 Å². The number of nitrogens with one attached hydrogen (secondary N) is 2. The van der Waals surface area contributed by atoms with E-state index in [2.05, 4.69) is 39.1 Å². The Morgan fingerprint density at radius 1 is 1.00 bits per heavy atom. The summed E-state index contributed by atoms with van der Waals surface area (Å²) in [5, 5.41) is 0. The zero-order valence-electron chi connectivity index (χ0n) is 14.5. The molecule has 2 aliphatic rings. The molecule has 0 bridgehead atoms. The van der Waals surface area contributed by atoms with Crippen molar-refractivity contribution in [3.05, 3.63) is 68.0 Å². The Bertz CT molecular complexity index is 896. The molecule has 2 N–H and O–H groups in total. The lowest BCUT2D eigenvalue weighted by atomic mass is 9.87. The van der Waals surface area contributed by atoms with Crippen LogP contribution in [0.25, 0.3) is 0 Å². The second-order valence-corrected chi connectivity index (χ2v) is 6.99. The summed E-state index contributed by atoms with van der Waals surface area (Å²) in [5.74, 6) is -0.290. The number of H-pyrrole nitrogens is 2. The third-order valence-electron chi connectivity index (χ3n) is 5.43. The van der Waals surface area contributed by atoms with E-state index in [4.69, 9.17) is 0 Å². The molecule has 4 rings (SSSR count). The van der Waals surface area contributed by atoms with Crippen LogP contribution in [0, 0.1) is 0 Å². The first kappa shape index (κ1) is 16.8. The molecule has 136 valence electrons. The molecule has 0 saturated carbocycles. The molecule has 1 saturated heterocycles. The molecule has 1 aliphatic carbocycles. The summed E-state index contributed by atoms with van der Waals surface area (Å²) in [6, 6.07) is 10.3. The van der Waals surface area contributed by atoms with Gasteiger partial charge in [0.2, 0.25) is 0 Å². The van der Waals surface area contributed by atoms with Crippen molar-refractivity contribution in [2.75, 3.05) is 26.2 Å². The van der Waals surface area contributed by atoms with E-state index in [-0.39, 0.29) is 11.6 Å². The highest BCUT2D eigenvalue weighted by molar-refractivity contribution is 5.92. The van der Waals surface area contributed by atoms with Crippen molar-refractivity contribution in [1.82, 2.24) is 19.8 Å². The van der Waals surface area contributed by atoms with Gasteiger partial charge in [0, 0.05) is 38.3 Å². The Morgan fingerprint density at radius 2 is 1.73 bits per heavy atom. The largest absolute Gasteiger partial charge is 0.335 e. The summed E-state index contributed by atoms with van der Waals surface area (Å²) in [5.41, 5.74) is 1.73. The first-order chi connectivity index (χ1) is 12.6. The van der Waals surface area contributed by atoms with Crippen LogP contribution in [-0.2, 0) is 12.8 Å². The van der Waals surface area contributed by atoms with Crippen LogP contribution in [0.1, 0.15) is 28.0 Å². The van der Waals surface area contributed by atoms with Gasteiger partial charge in [-0.15, -0.1) is 0 Å². The number of amides is 1. The average Bonchev–Trinajstić information content (AvgIpc) is 2.66. The lowest BCUT2D eigenvalue weighted by Crippen LogP contribution is -2.53. The number of nitrogens with zero attached hydrogens (tertiary/aromatic N) is 2. The van der Waals surface area contributed by atoms with Gasteiger partial charge in [0.25, 0.3) is 11.5 Å². The minimum atomic E-state index is -0.652. The topological polar surface area (TPSA) is 89.3 Å². The van der Waals surface area contributed by atoms with Crippen LogP contribution in [0.2, 0.25) is 0 Å². The molecule has 1 aromatic heterocycles. The van der Waals surface area contributed by atoms with E-state index in [0.717, 1.165) is 38.4 Å². The SMILES string of the molecule is O=C(c1cc(=O)[nH]c(=O)[nH]1)N1CCN([C@@H]2CCc3ccccc3C2)CC1. The number of aromatic nitrogens is 2. The molecule has 1 aromatic carbocycles. The second kappa shape index (κ2) is 6.92. The summed E-state index contributed by atoms with van der Waals surface area (Å²) in [6.45, 7) is 2.83. The van der Waals surface area contributed by atoms with Gasteiger partial charge in [-0.3, -0.25) is 19.5 Å². The molecule has 1 amide bonds. The molecule has 1 aliphatic heterocycles. The monoisotopic (exact) mass is 354 g/mol. The molecule has 2 heterocycles. The highest BCUT2D eigenvalue weighted by atomic mass is 16.2. The van der Waals surface area contributed by atoms with E-state index in [9.17, 15) is 14.4 Å². The molecular weight excluding hydrogens is 332 g/mol. The number of aromatic amines is 2. The van der Waals surface area contributed by atoms with Gasteiger partial charge in [-0.25, -0.2) is 4.79 Å². The Hall–Kier alpha value is -2.67. The zero-order chi connectivity index (χ0) is 18.1. The van der Waals surface area contributed by atoms with E-state index in [1.807, 2.05) is 0 Å². The Kier molecular flexibility index (Phi) is 4.46. The number of aryl methyl sites for hydroxylation is 1. The standard InChI is InChI=1S/C19H22N4O3/c24-17-12-16(20-19(26)21-17)18(25)23-9-7-22(8-10-23)15-6-5-13-3-1-2-4-14(13)11-15/h1-4,12,15H,5-11H2,(H2,20,21,24,26)/t15-/m1/s1. The van der Waals surface area contributed by atoms with Crippen molar-refractivity contribution in [3.63, 3.8) is 0 Å². The molecule has 26 heavy (non-hydrogen) atoms. The van der Waals surface area contributed by atoms with Crippen molar-refractivity contribution >= 4 is 5.91 Å². The summed E-state index contributed by atoms with van der Waals surface area (Å²) >= 11 is 0. The number of carbonyl (C=O) groups is 1. The highest BCUT2D eigenvalue weighted by Gasteiger charge is 2.29. The molecule has 7 heteroatoms. The number of piperazine rings is 1. The summed E-state index contributed by atoms with van der Waals surface area (Å²) in [6.07, 6.45) is 3.31. The number of carbonyl (C=O) groups excluding carboxylic acids is 1. The fraction of sp³-hybridized carbons (Fsp3) is 0.421. The van der Waals surface area contributed by atoms with Gasteiger partial charge in [0.15, 0.2) is 0 Å². The number of benzene rings is 1. The molecular formula is C19H22N4O3. The normalized spacial score (nSPS) is 20.6. The number of rotatable bonds is 2. The molecule has 7 nitrogen and oxygen atoms in total. The van der Waals surface area contributed by atoms with Gasteiger partial charge in [-0.05, 0) is 30.4 Å². The predicted molar refractivity (Wildman–Crippen MR) is 97.4 cm³/mol. The van der Waals surface area contributed by atoms with Gasteiger partial charge >= 0.3 is 5.69 Å². The van der Waals surface area contributed by atoms with Crippen LogP contribution in [0.3, 0.4) is 0 Å². The summed E-state index contributed by atoms with van der Waals surface area (Å²) < 4.78 is 0. The van der Waals surface area contributed by atoms with E-state index >= 15 is 0 Å². The van der Waals surface area contributed by atoms with Crippen molar-refractivity contribution in [2.45, 2.75) is 25.3 Å². The van der Waals surface area contributed by atoms with Crippen LogP contribution in [0.15, 0.2) is 39.9 Å². The van der Waals surface area contributed by atoms with E-state index in [1.165, 1.54) is 11.1 Å². The van der Waals surface area contributed by atoms with Crippen molar-refractivity contribution in [1.29, 1.82) is 0 Å². The first-order valence-electron chi connectivity index (χ1n) is 9.04. The average molecular weight is 354 g/mol. The van der Waals surface area contributed by atoms with Gasteiger partial charge < -0.3 is 9.88 Å². The fourth-order valence-electron chi connectivity index (χ4n) is 4.03. The quantitative estimate of drug-likeness (QED) is 0.816. The maximum Gasteiger partial charge on any atom is 0.326 e. The molecule has 1 fully saturated rings. The molecule has 2 aromatic rings. The van der Waals surface area contributed by atoms with Crippen molar-refractivity contribution in [2.24, 2.45) is 0 Å². The molecule has 0 radical (unpaired) electrons. The maximum absolute atomic E-state index is 12.5. The Balaban J connectivity index is 1.39. The summed E-state index contributed by atoms with van der Waals surface area (Å²) in [7, 11) is 0. The van der Waals surface area contributed by atoms with E-state index in [0.29, 0.717) is 19.1 Å². The minimum absolute atomic E-state index is 0.0544. The second-order valence-electron chi connectivity index (χ2n) is 6.99.